The number of sulfonamides is 1. The van der Waals surface area contributed by atoms with Gasteiger partial charge in [-0.05, 0) is 55.2 Å². The third kappa shape index (κ3) is 4.38. The highest BCUT2D eigenvalue weighted by molar-refractivity contribution is 7.92. The van der Waals surface area contributed by atoms with Gasteiger partial charge in [-0.25, -0.2) is 8.42 Å². The number of nitrogens with zero attached hydrogens (tertiary/aromatic N) is 2. The van der Waals surface area contributed by atoms with Gasteiger partial charge in [-0.1, -0.05) is 6.92 Å². The largest absolute Gasteiger partial charge is 0.493 e. The highest BCUT2D eigenvalue weighted by Gasteiger charge is 2.25. The molecule has 8 heteroatoms. The van der Waals surface area contributed by atoms with Gasteiger partial charge in [0, 0.05) is 31.8 Å². The number of hydrogen-bond acceptors (Lipinski definition) is 5. The maximum absolute atomic E-state index is 13.1. The highest BCUT2D eigenvalue weighted by Crippen LogP contribution is 2.31. The average molecular weight is 433 g/mol. The smallest absolute Gasteiger partial charge is 0.264 e. The first kappa shape index (κ1) is 22.0. The first-order valence-corrected chi connectivity index (χ1v) is 11.3. The molecule has 1 saturated heterocycles. The molecule has 1 aliphatic heterocycles. The first-order valence-electron chi connectivity index (χ1n) is 9.88. The lowest BCUT2D eigenvalue weighted by molar-refractivity contribution is 0.0683. The van der Waals surface area contributed by atoms with Gasteiger partial charge in [0.15, 0.2) is 11.5 Å². The molecule has 1 aliphatic rings. The van der Waals surface area contributed by atoms with E-state index >= 15 is 0 Å². The third-order valence-corrected chi connectivity index (χ3v) is 7.22. The second-order valence-corrected chi connectivity index (χ2v) is 9.50. The molecular formula is C22H28N2O5S. The molecule has 1 fully saturated rings. The minimum absolute atomic E-state index is 0.0153. The van der Waals surface area contributed by atoms with Crippen LogP contribution in [0.3, 0.4) is 0 Å². The number of carbonyl (C=O) groups excluding carboxylic acids is 1. The standard InChI is InChI=1S/C22H28N2O5S/c1-16-6-5-13-24(15-16)22(25)17-7-9-18(10-8-17)23(2)30(26,27)19-11-12-20(28-3)21(14-19)29-4/h7-12,14,16H,5-6,13,15H2,1-4H3/t16-/m0/s1. The number of rotatable bonds is 6. The molecule has 0 saturated carbocycles. The number of piperidine rings is 1. The fraction of sp³-hybridized carbons (Fsp3) is 0.409. The Bertz CT molecular complexity index is 1000. The molecule has 0 unspecified atom stereocenters. The first-order chi connectivity index (χ1) is 14.3. The maximum Gasteiger partial charge on any atom is 0.264 e. The number of methoxy groups -OCH3 is 2. The number of anilines is 1. The molecule has 1 atom stereocenters. The molecule has 0 aliphatic carbocycles. The zero-order valence-electron chi connectivity index (χ0n) is 17.8. The number of ether oxygens (including phenoxy) is 2. The molecule has 2 aromatic rings. The van der Waals surface area contributed by atoms with Crippen molar-refractivity contribution in [1.82, 2.24) is 4.90 Å². The van der Waals surface area contributed by atoms with Crippen molar-refractivity contribution in [3.63, 3.8) is 0 Å². The summed E-state index contributed by atoms with van der Waals surface area (Å²) in [5.74, 6) is 1.27. The minimum atomic E-state index is -3.81. The van der Waals surface area contributed by atoms with Crippen LogP contribution in [0.1, 0.15) is 30.1 Å². The van der Waals surface area contributed by atoms with E-state index in [1.165, 1.54) is 37.7 Å². The van der Waals surface area contributed by atoms with Crippen LogP contribution in [0.5, 0.6) is 11.5 Å². The van der Waals surface area contributed by atoms with Gasteiger partial charge in [0.1, 0.15) is 0 Å². The van der Waals surface area contributed by atoms with Gasteiger partial charge >= 0.3 is 0 Å². The predicted molar refractivity (Wildman–Crippen MR) is 116 cm³/mol. The lowest BCUT2D eigenvalue weighted by atomic mass is 9.99. The van der Waals surface area contributed by atoms with Crippen LogP contribution >= 0.6 is 0 Å². The average Bonchev–Trinajstić information content (AvgIpc) is 2.77. The molecule has 0 N–H and O–H groups in total. The molecular weight excluding hydrogens is 404 g/mol. The number of amides is 1. The van der Waals surface area contributed by atoms with E-state index in [2.05, 4.69) is 6.92 Å². The van der Waals surface area contributed by atoms with Gasteiger partial charge in [0.2, 0.25) is 0 Å². The molecule has 30 heavy (non-hydrogen) atoms. The normalized spacial score (nSPS) is 16.8. The molecule has 0 radical (unpaired) electrons. The summed E-state index contributed by atoms with van der Waals surface area (Å²) in [4.78, 5) is 14.7. The van der Waals surface area contributed by atoms with E-state index in [0.717, 1.165) is 25.9 Å². The van der Waals surface area contributed by atoms with Gasteiger partial charge in [-0.3, -0.25) is 9.10 Å². The summed E-state index contributed by atoms with van der Waals surface area (Å²) in [6, 6.07) is 11.1. The van der Waals surface area contributed by atoms with Crippen molar-refractivity contribution >= 4 is 21.6 Å². The van der Waals surface area contributed by atoms with E-state index in [0.29, 0.717) is 28.7 Å². The van der Waals surface area contributed by atoms with Gasteiger partial charge in [-0.15, -0.1) is 0 Å². The fourth-order valence-corrected chi connectivity index (χ4v) is 4.86. The van der Waals surface area contributed by atoms with Gasteiger partial charge < -0.3 is 14.4 Å². The van der Waals surface area contributed by atoms with Gasteiger partial charge in [0.25, 0.3) is 15.9 Å². The molecule has 2 aromatic carbocycles. The summed E-state index contributed by atoms with van der Waals surface area (Å²) in [5.41, 5.74) is 1.03. The lowest BCUT2D eigenvalue weighted by Gasteiger charge is -2.31. The summed E-state index contributed by atoms with van der Waals surface area (Å²) in [5, 5.41) is 0. The number of hydrogen-bond donors (Lipinski definition) is 0. The molecule has 7 nitrogen and oxygen atoms in total. The second-order valence-electron chi connectivity index (χ2n) is 7.53. The Morgan fingerprint density at radius 2 is 1.73 bits per heavy atom. The summed E-state index contributed by atoms with van der Waals surface area (Å²) in [6.45, 7) is 3.67. The molecule has 0 aromatic heterocycles. The fourth-order valence-electron chi connectivity index (χ4n) is 3.64. The SMILES string of the molecule is COc1ccc(S(=O)(=O)N(C)c2ccc(C(=O)N3CCC[C@H](C)C3)cc2)cc1OC. The van der Waals surface area contributed by atoms with Gasteiger partial charge in [0.05, 0.1) is 24.8 Å². The predicted octanol–water partition coefficient (Wildman–Crippen LogP) is 3.40. The van der Waals surface area contributed by atoms with Crippen LogP contribution in [0.2, 0.25) is 0 Å². The summed E-state index contributed by atoms with van der Waals surface area (Å²) in [6.07, 6.45) is 2.15. The zero-order chi connectivity index (χ0) is 21.9. The lowest BCUT2D eigenvalue weighted by Crippen LogP contribution is -2.39. The number of carbonyl (C=O) groups is 1. The zero-order valence-corrected chi connectivity index (χ0v) is 18.6. The highest BCUT2D eigenvalue weighted by atomic mass is 32.2. The van der Waals surface area contributed by atoms with E-state index in [1.807, 2.05) is 4.90 Å². The van der Waals surface area contributed by atoms with E-state index < -0.39 is 10.0 Å². The Morgan fingerprint density at radius 1 is 1.07 bits per heavy atom. The molecule has 0 bridgehead atoms. The van der Waals surface area contributed by atoms with E-state index in [4.69, 9.17) is 9.47 Å². The summed E-state index contributed by atoms with van der Waals surface area (Å²) >= 11 is 0. The quantitative estimate of drug-likeness (QED) is 0.699. The van der Waals surface area contributed by atoms with Crippen molar-refractivity contribution in [2.45, 2.75) is 24.7 Å². The van der Waals surface area contributed by atoms with Crippen LogP contribution in [0.15, 0.2) is 47.4 Å². The van der Waals surface area contributed by atoms with E-state index in [-0.39, 0.29) is 10.8 Å². The van der Waals surface area contributed by atoms with Crippen LogP contribution in [-0.4, -0.2) is 53.6 Å². The minimum Gasteiger partial charge on any atom is -0.493 e. The number of benzene rings is 2. The Kier molecular flexibility index (Phi) is 6.55. The van der Waals surface area contributed by atoms with Crippen molar-refractivity contribution in [3.05, 3.63) is 48.0 Å². The Balaban J connectivity index is 1.81. The van der Waals surface area contributed by atoms with Crippen LogP contribution in [0, 0.1) is 5.92 Å². The summed E-state index contributed by atoms with van der Waals surface area (Å²) in [7, 11) is 0.620. The van der Waals surface area contributed by atoms with E-state index in [9.17, 15) is 13.2 Å². The Labute approximate surface area is 178 Å². The van der Waals surface area contributed by atoms with Crippen molar-refractivity contribution in [3.8, 4) is 11.5 Å². The van der Waals surface area contributed by atoms with Crippen LogP contribution in [0.25, 0.3) is 0 Å². The topological polar surface area (TPSA) is 76.2 Å². The third-order valence-electron chi connectivity index (χ3n) is 5.44. The van der Waals surface area contributed by atoms with Crippen molar-refractivity contribution in [2.24, 2.45) is 5.92 Å². The van der Waals surface area contributed by atoms with Crippen LogP contribution in [0.4, 0.5) is 5.69 Å². The molecule has 1 amide bonds. The number of likely N-dealkylation sites (tertiary alicyclic amines) is 1. The molecule has 1 heterocycles. The summed E-state index contributed by atoms with van der Waals surface area (Å²) < 4.78 is 37.7. The molecule has 162 valence electrons. The van der Waals surface area contributed by atoms with Crippen LogP contribution < -0.4 is 13.8 Å². The van der Waals surface area contributed by atoms with E-state index in [1.54, 1.807) is 30.3 Å². The Hall–Kier alpha value is -2.74. The van der Waals surface area contributed by atoms with Crippen molar-refractivity contribution in [2.75, 3.05) is 38.7 Å². The van der Waals surface area contributed by atoms with Crippen molar-refractivity contribution < 1.29 is 22.7 Å². The maximum atomic E-state index is 13.1. The second kappa shape index (κ2) is 8.95. The van der Waals surface area contributed by atoms with Crippen molar-refractivity contribution in [1.29, 1.82) is 0 Å². The molecule has 0 spiro atoms. The molecule has 3 rings (SSSR count). The Morgan fingerprint density at radius 3 is 2.33 bits per heavy atom. The monoisotopic (exact) mass is 432 g/mol. The van der Waals surface area contributed by atoms with Crippen LogP contribution in [-0.2, 0) is 10.0 Å². The van der Waals surface area contributed by atoms with Gasteiger partial charge in [-0.2, -0.15) is 0 Å².